The fourth-order valence-corrected chi connectivity index (χ4v) is 0.641. The molecule has 0 unspecified atom stereocenters. The quantitative estimate of drug-likeness (QED) is 0.460. The number of aliphatic carboxylic acids is 1. The third-order valence-electron chi connectivity index (χ3n) is 1.22. The smallest absolute Gasteiger partial charge is 0.322 e. The molecule has 0 fully saturated rings. The van der Waals surface area contributed by atoms with Gasteiger partial charge in [0.25, 0.3) is 0 Å². The summed E-state index contributed by atoms with van der Waals surface area (Å²) in [5.41, 5.74) is 0. The first-order valence-electron chi connectivity index (χ1n) is 3.86. The van der Waals surface area contributed by atoms with Crippen LogP contribution < -0.4 is 10.6 Å². The predicted octanol–water partition coefficient (Wildman–Crippen LogP) is -0.813. The number of carbonyl (C=O) groups excluding carboxylic acids is 1. The number of hydrogen-bond acceptors (Lipinski definition) is 3. The lowest BCUT2D eigenvalue weighted by Gasteiger charge is -2.01. The molecule has 0 heterocycles. The average molecular weight is 174 g/mol. The van der Waals surface area contributed by atoms with Crippen LogP contribution in [0.1, 0.15) is 13.3 Å². The molecule has 0 aliphatic heterocycles. The van der Waals surface area contributed by atoms with E-state index < -0.39 is 5.97 Å². The van der Waals surface area contributed by atoms with Gasteiger partial charge in [-0.05, 0) is 6.54 Å². The predicted molar refractivity (Wildman–Crippen MR) is 43.8 cm³/mol. The molecule has 0 aromatic heterocycles. The van der Waals surface area contributed by atoms with Crippen molar-refractivity contribution in [2.45, 2.75) is 13.3 Å². The van der Waals surface area contributed by atoms with E-state index in [4.69, 9.17) is 5.11 Å². The van der Waals surface area contributed by atoms with E-state index in [9.17, 15) is 9.59 Å². The Labute approximate surface area is 71.1 Å². The normalized spacial score (nSPS) is 9.42. The summed E-state index contributed by atoms with van der Waals surface area (Å²) in [6.45, 7) is 3.04. The SMILES string of the molecule is CCNCCC(=O)NCC(=O)O. The summed E-state index contributed by atoms with van der Waals surface area (Å²) in [5.74, 6) is -1.26. The zero-order chi connectivity index (χ0) is 9.40. The highest BCUT2D eigenvalue weighted by molar-refractivity contribution is 5.81. The molecule has 0 rings (SSSR count). The van der Waals surface area contributed by atoms with Crippen molar-refractivity contribution in [3.05, 3.63) is 0 Å². The first-order valence-corrected chi connectivity index (χ1v) is 3.86. The Morgan fingerprint density at radius 1 is 1.42 bits per heavy atom. The minimum atomic E-state index is -1.02. The van der Waals surface area contributed by atoms with Crippen molar-refractivity contribution in [3.8, 4) is 0 Å². The molecule has 3 N–H and O–H groups in total. The zero-order valence-electron chi connectivity index (χ0n) is 7.09. The Morgan fingerprint density at radius 3 is 2.58 bits per heavy atom. The van der Waals surface area contributed by atoms with Crippen molar-refractivity contribution in [1.82, 2.24) is 10.6 Å². The lowest BCUT2D eigenvalue weighted by atomic mass is 10.4. The molecule has 0 saturated carbocycles. The Morgan fingerprint density at radius 2 is 2.08 bits per heavy atom. The van der Waals surface area contributed by atoms with Crippen molar-refractivity contribution < 1.29 is 14.7 Å². The van der Waals surface area contributed by atoms with E-state index in [1.54, 1.807) is 0 Å². The number of carbonyl (C=O) groups is 2. The van der Waals surface area contributed by atoms with Gasteiger partial charge in [-0.15, -0.1) is 0 Å². The van der Waals surface area contributed by atoms with E-state index in [-0.39, 0.29) is 12.5 Å². The second-order valence-electron chi connectivity index (χ2n) is 2.27. The molecule has 0 radical (unpaired) electrons. The second kappa shape index (κ2) is 6.60. The summed E-state index contributed by atoms with van der Waals surface area (Å²) >= 11 is 0. The van der Waals surface area contributed by atoms with E-state index in [0.717, 1.165) is 6.54 Å². The molecule has 1 amide bonds. The first-order chi connectivity index (χ1) is 5.66. The van der Waals surface area contributed by atoms with Crippen LogP contribution in [0.5, 0.6) is 0 Å². The Balaban J connectivity index is 3.28. The van der Waals surface area contributed by atoms with Crippen LogP contribution in [0.4, 0.5) is 0 Å². The molecule has 0 bridgehead atoms. The van der Waals surface area contributed by atoms with E-state index in [2.05, 4.69) is 10.6 Å². The zero-order valence-corrected chi connectivity index (χ0v) is 7.09. The highest BCUT2D eigenvalue weighted by atomic mass is 16.4. The number of nitrogens with one attached hydrogen (secondary N) is 2. The Bertz CT molecular complexity index is 159. The van der Waals surface area contributed by atoms with Crippen molar-refractivity contribution in [3.63, 3.8) is 0 Å². The lowest BCUT2D eigenvalue weighted by molar-refractivity contribution is -0.137. The average Bonchev–Trinajstić information content (AvgIpc) is 2.01. The van der Waals surface area contributed by atoms with Crippen LogP contribution in [0.3, 0.4) is 0 Å². The van der Waals surface area contributed by atoms with Gasteiger partial charge >= 0.3 is 5.97 Å². The van der Waals surface area contributed by atoms with Crippen molar-refractivity contribution in [2.75, 3.05) is 19.6 Å². The molecule has 0 aliphatic rings. The molecular formula is C7H14N2O3. The first kappa shape index (κ1) is 10.9. The number of amides is 1. The van der Waals surface area contributed by atoms with Gasteiger partial charge < -0.3 is 15.7 Å². The standard InChI is InChI=1S/C7H14N2O3/c1-2-8-4-3-6(10)9-5-7(11)12/h8H,2-5H2,1H3,(H,9,10)(H,11,12). The van der Waals surface area contributed by atoms with Crippen molar-refractivity contribution >= 4 is 11.9 Å². The van der Waals surface area contributed by atoms with Gasteiger partial charge in [0.05, 0.1) is 0 Å². The summed E-state index contributed by atoms with van der Waals surface area (Å²) in [7, 11) is 0. The van der Waals surface area contributed by atoms with E-state index in [1.165, 1.54) is 0 Å². The fourth-order valence-electron chi connectivity index (χ4n) is 0.641. The van der Waals surface area contributed by atoms with Gasteiger partial charge in [-0.1, -0.05) is 6.92 Å². The molecule has 12 heavy (non-hydrogen) atoms. The van der Waals surface area contributed by atoms with Gasteiger partial charge in [-0.25, -0.2) is 0 Å². The second-order valence-corrected chi connectivity index (χ2v) is 2.27. The summed E-state index contributed by atoms with van der Waals surface area (Å²) in [6.07, 6.45) is 0.321. The maximum atomic E-state index is 10.8. The molecule has 0 aromatic rings. The van der Waals surface area contributed by atoms with E-state index in [0.29, 0.717) is 13.0 Å². The summed E-state index contributed by atoms with van der Waals surface area (Å²) in [6, 6.07) is 0. The van der Waals surface area contributed by atoms with Crippen molar-refractivity contribution in [2.24, 2.45) is 0 Å². The van der Waals surface area contributed by atoms with Crippen LogP contribution in [0.2, 0.25) is 0 Å². The number of rotatable bonds is 6. The highest BCUT2D eigenvalue weighted by Gasteiger charge is 2.01. The lowest BCUT2D eigenvalue weighted by Crippen LogP contribution is -2.31. The third kappa shape index (κ3) is 7.01. The summed E-state index contributed by atoms with van der Waals surface area (Å²) < 4.78 is 0. The van der Waals surface area contributed by atoms with Crippen LogP contribution in [0, 0.1) is 0 Å². The summed E-state index contributed by atoms with van der Waals surface area (Å²) in [5, 5.41) is 13.4. The van der Waals surface area contributed by atoms with Gasteiger partial charge in [0.2, 0.25) is 5.91 Å². The highest BCUT2D eigenvalue weighted by Crippen LogP contribution is 1.76. The van der Waals surface area contributed by atoms with Crippen LogP contribution in [-0.2, 0) is 9.59 Å². The molecule has 5 heteroatoms. The van der Waals surface area contributed by atoms with Gasteiger partial charge in [0.1, 0.15) is 6.54 Å². The van der Waals surface area contributed by atoms with Crippen LogP contribution in [0.25, 0.3) is 0 Å². The van der Waals surface area contributed by atoms with Crippen molar-refractivity contribution in [1.29, 1.82) is 0 Å². The summed E-state index contributed by atoms with van der Waals surface area (Å²) in [4.78, 5) is 20.8. The molecule has 0 saturated heterocycles. The maximum absolute atomic E-state index is 10.8. The van der Waals surface area contributed by atoms with Gasteiger partial charge in [0.15, 0.2) is 0 Å². The largest absolute Gasteiger partial charge is 0.480 e. The molecule has 0 aliphatic carbocycles. The molecule has 70 valence electrons. The van der Waals surface area contributed by atoms with Crippen LogP contribution in [-0.4, -0.2) is 36.6 Å². The van der Waals surface area contributed by atoms with Gasteiger partial charge in [-0.2, -0.15) is 0 Å². The Hall–Kier alpha value is -1.10. The molecule has 5 nitrogen and oxygen atoms in total. The molecule has 0 atom stereocenters. The molecule has 0 spiro atoms. The fraction of sp³-hybridized carbons (Fsp3) is 0.714. The van der Waals surface area contributed by atoms with Crippen LogP contribution in [0.15, 0.2) is 0 Å². The number of carboxylic acids is 1. The van der Waals surface area contributed by atoms with Gasteiger partial charge in [-0.3, -0.25) is 9.59 Å². The van der Waals surface area contributed by atoms with Crippen LogP contribution >= 0.6 is 0 Å². The van der Waals surface area contributed by atoms with E-state index in [1.807, 2.05) is 6.92 Å². The van der Waals surface area contributed by atoms with Gasteiger partial charge in [0, 0.05) is 13.0 Å². The third-order valence-corrected chi connectivity index (χ3v) is 1.22. The monoisotopic (exact) mass is 174 g/mol. The number of hydrogen-bond donors (Lipinski definition) is 3. The topological polar surface area (TPSA) is 78.4 Å². The molecular weight excluding hydrogens is 160 g/mol. The number of carboxylic acid groups (broad SMARTS) is 1. The molecule has 0 aromatic carbocycles. The minimum absolute atomic E-state index is 0.238. The maximum Gasteiger partial charge on any atom is 0.322 e. The minimum Gasteiger partial charge on any atom is -0.480 e. The Kier molecular flexibility index (Phi) is 6.00. The van der Waals surface area contributed by atoms with E-state index >= 15 is 0 Å².